The Balaban J connectivity index is 1.43. The monoisotopic (exact) mass is 492 g/mol. The summed E-state index contributed by atoms with van der Waals surface area (Å²) in [5.74, 6) is 2.26. The molecule has 0 aromatic carbocycles. The largest absolute Gasteiger partial charge is 0.489 e. The maximum Gasteiger partial charge on any atom is 0.176 e. The highest BCUT2D eigenvalue weighted by atomic mass is 16.5. The van der Waals surface area contributed by atoms with Gasteiger partial charge in [-0.2, -0.15) is 0 Å². The topological polar surface area (TPSA) is 63.6 Å². The van der Waals surface area contributed by atoms with Crippen LogP contribution >= 0.6 is 0 Å². The Hall–Kier alpha value is -1.94. The summed E-state index contributed by atoms with van der Waals surface area (Å²) in [7, 11) is 0. The minimum Gasteiger partial charge on any atom is -0.489 e. The van der Waals surface area contributed by atoms with Crippen molar-refractivity contribution in [1.82, 2.24) is 0 Å². The molecule has 0 amide bonds. The van der Waals surface area contributed by atoms with E-state index in [0.29, 0.717) is 29.2 Å². The molecule has 4 nitrogen and oxygen atoms in total. The minimum atomic E-state index is -1.23. The van der Waals surface area contributed by atoms with Crippen LogP contribution in [0.2, 0.25) is 0 Å². The first kappa shape index (κ1) is 25.7. The molecule has 36 heavy (non-hydrogen) atoms. The molecule has 0 spiro atoms. The van der Waals surface area contributed by atoms with Crippen molar-refractivity contribution >= 4 is 11.6 Å². The number of carbonyl (C=O) groups excluding carboxylic acids is 2. The number of hydrogen-bond donors (Lipinski definition) is 1. The molecule has 0 radical (unpaired) electrons. The van der Waals surface area contributed by atoms with E-state index >= 15 is 0 Å². The molecule has 2 fully saturated rings. The van der Waals surface area contributed by atoms with Gasteiger partial charge in [-0.05, 0) is 107 Å². The number of rotatable bonds is 3. The third-order valence-corrected chi connectivity index (χ3v) is 11.3. The van der Waals surface area contributed by atoms with Gasteiger partial charge in [0.15, 0.2) is 11.6 Å². The molecule has 5 rings (SSSR count). The second-order valence-electron chi connectivity index (χ2n) is 13.5. The van der Waals surface area contributed by atoms with Gasteiger partial charge in [-0.25, -0.2) is 0 Å². The van der Waals surface area contributed by atoms with Gasteiger partial charge < -0.3 is 9.84 Å². The van der Waals surface area contributed by atoms with Crippen LogP contribution in [0.3, 0.4) is 0 Å². The molecule has 2 saturated carbocycles. The van der Waals surface area contributed by atoms with Gasteiger partial charge in [0.1, 0.15) is 5.60 Å². The van der Waals surface area contributed by atoms with E-state index in [-0.39, 0.29) is 23.4 Å². The van der Waals surface area contributed by atoms with E-state index in [1.807, 2.05) is 19.9 Å². The quantitative estimate of drug-likeness (QED) is 0.368. The van der Waals surface area contributed by atoms with Gasteiger partial charge in [-0.15, -0.1) is 0 Å². The highest BCUT2D eigenvalue weighted by Gasteiger charge is 2.61. The van der Waals surface area contributed by atoms with Crippen molar-refractivity contribution in [2.45, 2.75) is 91.3 Å². The van der Waals surface area contributed by atoms with Crippen LogP contribution in [0, 0.1) is 46.3 Å². The van der Waals surface area contributed by atoms with Crippen LogP contribution in [0.5, 0.6) is 0 Å². The summed E-state index contributed by atoms with van der Waals surface area (Å²) in [6, 6.07) is 0. The fraction of sp³-hybridized carbons (Fsp3) is 0.688. The summed E-state index contributed by atoms with van der Waals surface area (Å²) >= 11 is 0. The Morgan fingerprint density at radius 2 is 1.53 bits per heavy atom. The molecular weight excluding hydrogens is 448 g/mol. The van der Waals surface area contributed by atoms with Crippen molar-refractivity contribution in [1.29, 1.82) is 0 Å². The molecule has 1 aliphatic heterocycles. The number of allylic oxidation sites excluding steroid dienone is 5. The number of ether oxygens (including phenoxy) is 1. The molecule has 4 aliphatic carbocycles. The first-order valence-electron chi connectivity index (χ1n) is 14.1. The van der Waals surface area contributed by atoms with Gasteiger partial charge in [0, 0.05) is 0 Å². The third kappa shape index (κ3) is 3.57. The fourth-order valence-corrected chi connectivity index (χ4v) is 8.40. The second-order valence-corrected chi connectivity index (χ2v) is 13.5. The summed E-state index contributed by atoms with van der Waals surface area (Å²) in [4.78, 5) is 27.9. The lowest BCUT2D eigenvalue weighted by atomic mass is 9.51. The SMILES string of the molecule is C[C@@H]1CC[C@H]2[C@@H](C=C[C@](C)(O)[C@@]2(C)C(=O)/C=C/C2=CO[C@@]3(C)C=C[C@@H]4C[C@@H](C)CC[C@H]4[C@]3(C)C2=O)C1. The molecule has 5 aliphatic rings. The highest BCUT2D eigenvalue weighted by Crippen LogP contribution is 2.58. The lowest BCUT2D eigenvalue weighted by Gasteiger charge is -2.56. The van der Waals surface area contributed by atoms with E-state index < -0.39 is 22.0 Å². The molecule has 0 unspecified atom stereocenters. The summed E-state index contributed by atoms with van der Waals surface area (Å²) in [6.07, 6.45) is 19.4. The normalized spacial score (nSPS) is 50.1. The smallest absolute Gasteiger partial charge is 0.176 e. The average Bonchev–Trinajstić information content (AvgIpc) is 2.83. The van der Waals surface area contributed by atoms with Crippen molar-refractivity contribution in [2.24, 2.45) is 46.3 Å². The summed E-state index contributed by atoms with van der Waals surface area (Å²) in [6.45, 7) is 12.3. The maximum atomic E-state index is 14.1. The van der Waals surface area contributed by atoms with Gasteiger partial charge in [0.2, 0.25) is 0 Å². The number of fused-ring (bicyclic) bond motifs is 4. The lowest BCUT2D eigenvalue weighted by molar-refractivity contribution is -0.155. The van der Waals surface area contributed by atoms with Crippen molar-refractivity contribution in [3.05, 3.63) is 48.3 Å². The summed E-state index contributed by atoms with van der Waals surface area (Å²) in [5.41, 5.74) is -3.05. The average molecular weight is 493 g/mol. The van der Waals surface area contributed by atoms with Crippen LogP contribution in [-0.2, 0) is 14.3 Å². The van der Waals surface area contributed by atoms with Crippen molar-refractivity contribution in [2.75, 3.05) is 0 Å². The Morgan fingerprint density at radius 1 is 0.944 bits per heavy atom. The van der Waals surface area contributed by atoms with Crippen LogP contribution < -0.4 is 0 Å². The zero-order chi connectivity index (χ0) is 26.1. The molecular formula is C32H44O4. The van der Waals surface area contributed by atoms with Gasteiger partial charge in [0.05, 0.1) is 28.3 Å². The molecule has 4 heteroatoms. The van der Waals surface area contributed by atoms with Crippen LogP contribution in [0.15, 0.2) is 48.3 Å². The molecule has 0 aromatic heterocycles. The molecule has 0 aromatic rings. The zero-order valence-corrected chi connectivity index (χ0v) is 22.9. The van der Waals surface area contributed by atoms with Gasteiger partial charge in [0.25, 0.3) is 0 Å². The minimum absolute atomic E-state index is 0.0685. The van der Waals surface area contributed by atoms with Gasteiger partial charge in [-0.3, -0.25) is 9.59 Å². The molecule has 0 saturated heterocycles. The Labute approximate surface area is 216 Å². The molecule has 10 atom stereocenters. The predicted octanol–water partition coefficient (Wildman–Crippen LogP) is 6.36. The molecule has 0 bridgehead atoms. The summed E-state index contributed by atoms with van der Waals surface area (Å²) < 4.78 is 6.28. The van der Waals surface area contributed by atoms with E-state index in [0.717, 1.165) is 38.5 Å². The Morgan fingerprint density at radius 3 is 2.19 bits per heavy atom. The van der Waals surface area contributed by atoms with Crippen molar-refractivity contribution in [3.63, 3.8) is 0 Å². The van der Waals surface area contributed by atoms with Crippen molar-refractivity contribution in [3.8, 4) is 0 Å². The van der Waals surface area contributed by atoms with E-state index in [1.165, 1.54) is 0 Å². The van der Waals surface area contributed by atoms with Gasteiger partial charge >= 0.3 is 0 Å². The predicted molar refractivity (Wildman–Crippen MR) is 142 cm³/mol. The second kappa shape index (κ2) is 8.55. The van der Waals surface area contributed by atoms with E-state index in [1.54, 1.807) is 25.3 Å². The zero-order valence-electron chi connectivity index (χ0n) is 22.9. The van der Waals surface area contributed by atoms with E-state index in [9.17, 15) is 14.7 Å². The fourth-order valence-electron chi connectivity index (χ4n) is 8.40. The Kier molecular flexibility index (Phi) is 6.10. The van der Waals surface area contributed by atoms with Crippen molar-refractivity contribution < 1.29 is 19.4 Å². The Bertz CT molecular complexity index is 1060. The maximum absolute atomic E-state index is 14.1. The number of Topliss-reactive ketones (excluding diaryl/α,β-unsaturated/α-hetero) is 1. The highest BCUT2D eigenvalue weighted by molar-refractivity contribution is 6.06. The molecule has 196 valence electrons. The van der Waals surface area contributed by atoms with Crippen LogP contribution in [-0.4, -0.2) is 27.9 Å². The van der Waals surface area contributed by atoms with Crippen LogP contribution in [0.25, 0.3) is 0 Å². The number of hydrogen-bond acceptors (Lipinski definition) is 4. The van der Waals surface area contributed by atoms with E-state index in [2.05, 4.69) is 39.0 Å². The van der Waals surface area contributed by atoms with Crippen LogP contribution in [0.4, 0.5) is 0 Å². The van der Waals surface area contributed by atoms with Gasteiger partial charge in [-0.1, -0.05) is 44.9 Å². The number of aliphatic hydroxyl groups is 1. The van der Waals surface area contributed by atoms with E-state index in [4.69, 9.17) is 4.74 Å². The molecule has 1 N–H and O–H groups in total. The summed E-state index contributed by atoms with van der Waals surface area (Å²) in [5, 5.41) is 11.4. The first-order chi connectivity index (χ1) is 16.8. The lowest BCUT2D eigenvalue weighted by Crippen LogP contribution is -2.60. The van der Waals surface area contributed by atoms with Crippen LogP contribution in [0.1, 0.15) is 80.1 Å². The number of carbonyl (C=O) groups is 2. The third-order valence-electron chi connectivity index (χ3n) is 11.3. The first-order valence-corrected chi connectivity index (χ1v) is 14.1. The molecule has 1 heterocycles. The number of ketones is 2. The standard InChI is InChI=1S/C32H44O4/c1-20-7-10-25-22(17-20)13-15-29(3,35)31(25,5)27(33)12-9-24-19-36-30(4)16-14-23-18-21(2)8-11-26(23)32(30,6)28(24)34/h9,12-16,19-23,25-26,35H,7-8,10-11,17-18H2,1-6H3/b12-9+/t20-,21+,22+,23-,25+,26-,29+,30+,31-,32-/m1/s1.